The van der Waals surface area contributed by atoms with Crippen LogP contribution in [0.25, 0.3) is 16.5 Å². The third-order valence-electron chi connectivity index (χ3n) is 4.44. The molecule has 1 heterocycles. The summed E-state index contributed by atoms with van der Waals surface area (Å²) in [7, 11) is 0. The molecule has 134 valence electrons. The second-order valence-corrected chi connectivity index (χ2v) is 6.32. The van der Waals surface area contributed by atoms with Crippen molar-refractivity contribution < 1.29 is 4.84 Å². The molecule has 0 unspecified atom stereocenters. The smallest absolute Gasteiger partial charge is 0.280 e. The van der Waals surface area contributed by atoms with Crippen molar-refractivity contribution in [2.24, 2.45) is 5.16 Å². The van der Waals surface area contributed by atoms with Gasteiger partial charge in [-0.05, 0) is 35.4 Å². The molecule has 27 heavy (non-hydrogen) atoms. The first-order chi connectivity index (χ1) is 13.2. The van der Waals surface area contributed by atoms with E-state index >= 15 is 0 Å². The minimum absolute atomic E-state index is 0.158. The van der Waals surface area contributed by atoms with Gasteiger partial charge in [0.05, 0.1) is 17.5 Å². The monoisotopic (exact) mass is 357 g/mol. The lowest BCUT2D eigenvalue weighted by Crippen LogP contribution is -2.17. The quantitative estimate of drug-likeness (QED) is 0.430. The SMILES string of the molecule is Cc1[nH]n(-c2ccc3ccccc3c2)c(=O)c1C=NOCc1ccccc1. The van der Waals surface area contributed by atoms with Crippen molar-refractivity contribution >= 4 is 17.0 Å². The van der Waals surface area contributed by atoms with Crippen LogP contribution < -0.4 is 5.56 Å². The normalized spacial score (nSPS) is 11.3. The third kappa shape index (κ3) is 3.53. The molecule has 0 aliphatic carbocycles. The molecule has 5 nitrogen and oxygen atoms in total. The first-order valence-electron chi connectivity index (χ1n) is 8.72. The lowest BCUT2D eigenvalue weighted by atomic mass is 10.1. The second-order valence-electron chi connectivity index (χ2n) is 6.32. The van der Waals surface area contributed by atoms with Crippen molar-refractivity contribution in [3.63, 3.8) is 0 Å². The van der Waals surface area contributed by atoms with Gasteiger partial charge in [-0.3, -0.25) is 9.89 Å². The molecule has 0 saturated heterocycles. The number of nitrogens with zero attached hydrogens (tertiary/aromatic N) is 2. The average molecular weight is 357 g/mol. The summed E-state index contributed by atoms with van der Waals surface area (Å²) in [6.07, 6.45) is 1.47. The Morgan fingerprint density at radius 2 is 1.74 bits per heavy atom. The Morgan fingerprint density at radius 3 is 2.56 bits per heavy atom. The molecule has 0 radical (unpaired) electrons. The molecule has 0 amide bonds. The summed E-state index contributed by atoms with van der Waals surface area (Å²) in [5.74, 6) is 0. The maximum absolute atomic E-state index is 12.8. The van der Waals surface area contributed by atoms with Gasteiger partial charge in [0.2, 0.25) is 0 Å². The summed E-state index contributed by atoms with van der Waals surface area (Å²) >= 11 is 0. The Morgan fingerprint density at radius 1 is 1.00 bits per heavy atom. The Bertz CT molecular complexity index is 1160. The highest BCUT2D eigenvalue weighted by molar-refractivity contribution is 5.84. The van der Waals surface area contributed by atoms with Gasteiger partial charge in [0.15, 0.2) is 0 Å². The number of hydrogen-bond acceptors (Lipinski definition) is 3. The van der Waals surface area contributed by atoms with E-state index in [-0.39, 0.29) is 5.56 Å². The van der Waals surface area contributed by atoms with Crippen molar-refractivity contribution in [2.45, 2.75) is 13.5 Å². The Kier molecular flexibility index (Phi) is 4.58. The Balaban J connectivity index is 1.57. The van der Waals surface area contributed by atoms with Crippen LogP contribution in [0.15, 0.2) is 82.7 Å². The highest BCUT2D eigenvalue weighted by Gasteiger charge is 2.11. The van der Waals surface area contributed by atoms with Gasteiger partial charge in [-0.2, -0.15) is 0 Å². The number of benzene rings is 3. The van der Waals surface area contributed by atoms with E-state index in [2.05, 4.69) is 10.3 Å². The van der Waals surface area contributed by atoms with E-state index in [0.717, 1.165) is 27.7 Å². The van der Waals surface area contributed by atoms with Crippen molar-refractivity contribution in [1.29, 1.82) is 0 Å². The van der Waals surface area contributed by atoms with E-state index in [1.165, 1.54) is 10.9 Å². The number of H-pyrrole nitrogens is 1. The number of nitrogens with one attached hydrogen (secondary N) is 1. The van der Waals surface area contributed by atoms with Gasteiger partial charge in [0, 0.05) is 5.69 Å². The maximum Gasteiger partial charge on any atom is 0.280 e. The number of aromatic nitrogens is 2. The average Bonchev–Trinajstić information content (AvgIpc) is 2.99. The molecule has 0 bridgehead atoms. The molecule has 0 saturated carbocycles. The molecule has 3 aromatic carbocycles. The van der Waals surface area contributed by atoms with Gasteiger partial charge in [-0.15, -0.1) is 0 Å². The molecule has 1 N–H and O–H groups in total. The summed E-state index contributed by atoms with van der Waals surface area (Å²) in [5.41, 5.74) is 2.87. The summed E-state index contributed by atoms with van der Waals surface area (Å²) in [6.45, 7) is 2.21. The van der Waals surface area contributed by atoms with Crippen molar-refractivity contribution in [3.05, 3.63) is 100.0 Å². The highest BCUT2D eigenvalue weighted by Crippen LogP contribution is 2.17. The molecule has 1 aromatic heterocycles. The first kappa shape index (κ1) is 16.8. The molecule has 0 aliphatic rings. The van der Waals surface area contributed by atoms with Gasteiger partial charge >= 0.3 is 0 Å². The third-order valence-corrected chi connectivity index (χ3v) is 4.44. The number of aryl methyl sites for hydroxylation is 1. The minimum atomic E-state index is -0.158. The predicted molar refractivity (Wildman–Crippen MR) is 107 cm³/mol. The zero-order valence-corrected chi connectivity index (χ0v) is 14.9. The van der Waals surface area contributed by atoms with Gasteiger partial charge in [0.25, 0.3) is 5.56 Å². The summed E-state index contributed by atoms with van der Waals surface area (Å²) < 4.78 is 1.53. The molecule has 4 rings (SSSR count). The van der Waals surface area contributed by atoms with E-state index in [0.29, 0.717) is 12.2 Å². The van der Waals surface area contributed by atoms with Gasteiger partial charge in [-0.25, -0.2) is 4.68 Å². The zero-order valence-electron chi connectivity index (χ0n) is 14.9. The lowest BCUT2D eigenvalue weighted by molar-refractivity contribution is 0.132. The summed E-state index contributed by atoms with van der Waals surface area (Å²) in [6, 6.07) is 23.7. The molecule has 4 aromatic rings. The number of rotatable bonds is 5. The van der Waals surface area contributed by atoms with E-state index < -0.39 is 0 Å². The summed E-state index contributed by atoms with van der Waals surface area (Å²) in [5, 5.41) is 9.28. The second kappa shape index (κ2) is 7.33. The Hall–Kier alpha value is -3.60. The molecule has 0 fully saturated rings. The standard InChI is InChI=1S/C22H19N3O2/c1-16-21(14-23-27-15-17-7-3-2-4-8-17)22(26)25(24-16)20-12-11-18-9-5-6-10-19(18)13-20/h2-14,24H,15H2,1H3. The van der Waals surface area contributed by atoms with E-state index in [1.807, 2.05) is 79.7 Å². The fraction of sp³-hybridized carbons (Fsp3) is 0.0909. The van der Waals surface area contributed by atoms with Crippen LogP contribution >= 0.6 is 0 Å². The predicted octanol–water partition coefficient (Wildman–Crippen LogP) is 4.18. The molecule has 0 atom stereocenters. The van der Waals surface area contributed by atoms with E-state index in [1.54, 1.807) is 0 Å². The van der Waals surface area contributed by atoms with Gasteiger partial charge in [-0.1, -0.05) is 65.8 Å². The van der Waals surface area contributed by atoms with Crippen LogP contribution in [0.5, 0.6) is 0 Å². The van der Waals surface area contributed by atoms with Crippen LogP contribution in [0, 0.1) is 6.92 Å². The molecule has 0 aliphatic heterocycles. The number of oxime groups is 1. The fourth-order valence-corrected chi connectivity index (χ4v) is 2.99. The van der Waals surface area contributed by atoms with Gasteiger partial charge < -0.3 is 4.84 Å². The van der Waals surface area contributed by atoms with Gasteiger partial charge in [0.1, 0.15) is 6.61 Å². The first-order valence-corrected chi connectivity index (χ1v) is 8.72. The van der Waals surface area contributed by atoms with Crippen molar-refractivity contribution in [3.8, 4) is 5.69 Å². The number of aromatic amines is 1. The highest BCUT2D eigenvalue weighted by atomic mass is 16.6. The van der Waals surface area contributed by atoms with Crippen LogP contribution in [0.3, 0.4) is 0 Å². The van der Waals surface area contributed by atoms with Crippen LogP contribution in [0.1, 0.15) is 16.8 Å². The van der Waals surface area contributed by atoms with E-state index in [9.17, 15) is 4.79 Å². The molecule has 5 heteroatoms. The molecule has 0 spiro atoms. The summed E-state index contributed by atoms with van der Waals surface area (Å²) in [4.78, 5) is 18.1. The molecular weight excluding hydrogens is 338 g/mol. The minimum Gasteiger partial charge on any atom is -0.391 e. The largest absolute Gasteiger partial charge is 0.391 e. The zero-order chi connectivity index (χ0) is 18.6. The lowest BCUT2D eigenvalue weighted by Gasteiger charge is -2.03. The topological polar surface area (TPSA) is 59.4 Å². The van der Waals surface area contributed by atoms with Crippen LogP contribution in [-0.4, -0.2) is 16.0 Å². The Labute approximate surface area is 156 Å². The van der Waals surface area contributed by atoms with E-state index in [4.69, 9.17) is 4.84 Å². The van der Waals surface area contributed by atoms with Crippen LogP contribution in [-0.2, 0) is 11.4 Å². The van der Waals surface area contributed by atoms with Crippen LogP contribution in [0.2, 0.25) is 0 Å². The molecular formula is C22H19N3O2. The fourth-order valence-electron chi connectivity index (χ4n) is 2.99. The number of fused-ring (bicyclic) bond motifs is 1. The maximum atomic E-state index is 12.8. The van der Waals surface area contributed by atoms with Crippen LogP contribution in [0.4, 0.5) is 0 Å². The van der Waals surface area contributed by atoms with Crippen molar-refractivity contribution in [1.82, 2.24) is 9.78 Å². The number of hydrogen-bond donors (Lipinski definition) is 1. The van der Waals surface area contributed by atoms with Crippen molar-refractivity contribution in [2.75, 3.05) is 0 Å².